The fourth-order valence-corrected chi connectivity index (χ4v) is 2.42. The van der Waals surface area contributed by atoms with Crippen molar-refractivity contribution in [2.45, 2.75) is 60.5 Å². The summed E-state index contributed by atoms with van der Waals surface area (Å²) in [5, 5.41) is 0. The maximum absolute atomic E-state index is 2.48. The number of benzene rings is 1. The molecule has 0 spiro atoms. The van der Waals surface area contributed by atoms with Gasteiger partial charge in [0.1, 0.15) is 0 Å². The summed E-state index contributed by atoms with van der Waals surface area (Å²) in [5.74, 6) is 0.744. The maximum atomic E-state index is 2.48. The van der Waals surface area contributed by atoms with E-state index in [0.717, 1.165) is 12.5 Å². The first kappa shape index (κ1) is 17.2. The van der Waals surface area contributed by atoms with Crippen molar-refractivity contribution >= 4 is 0 Å². The van der Waals surface area contributed by atoms with E-state index in [1.165, 1.54) is 12.0 Å². The van der Waals surface area contributed by atoms with Crippen LogP contribution in [-0.4, -0.2) is 18.0 Å². The smallest absolute Gasteiger partial charge is 0.0236 e. The third kappa shape index (κ3) is 4.45. The van der Waals surface area contributed by atoms with E-state index in [1.807, 2.05) is 27.7 Å². The summed E-state index contributed by atoms with van der Waals surface area (Å²) in [6.07, 6.45) is 1.21. The van der Waals surface area contributed by atoms with E-state index >= 15 is 0 Å². The molecule has 1 aliphatic heterocycles. The minimum atomic E-state index is 0.713. The summed E-state index contributed by atoms with van der Waals surface area (Å²) in [7, 11) is 2.24. The zero-order valence-electron chi connectivity index (χ0n) is 13.3. The average molecular weight is 249 g/mol. The van der Waals surface area contributed by atoms with Crippen LogP contribution in [0.2, 0.25) is 0 Å². The second-order valence-electron chi connectivity index (χ2n) is 4.70. The summed E-state index contributed by atoms with van der Waals surface area (Å²) in [5.41, 5.74) is 3.05. The standard InChI is InChI=1S/C13H19N.2C2H6/c1-10(2)13-8-11-6-4-5-7-12(11)9-14(13)3;2*1-2/h4-7,10,13H,8-9H2,1-3H3;2*1-2H3. The van der Waals surface area contributed by atoms with Gasteiger partial charge in [-0.3, -0.25) is 4.90 Å². The van der Waals surface area contributed by atoms with Gasteiger partial charge in [-0.2, -0.15) is 0 Å². The van der Waals surface area contributed by atoms with Crippen LogP contribution >= 0.6 is 0 Å². The number of likely N-dealkylation sites (N-methyl/N-ethyl adjacent to an activating group) is 1. The van der Waals surface area contributed by atoms with Crippen LogP contribution in [0.1, 0.15) is 52.7 Å². The average Bonchev–Trinajstić information content (AvgIpc) is 2.42. The lowest BCUT2D eigenvalue weighted by Crippen LogP contribution is -2.40. The number of fused-ring (bicyclic) bond motifs is 1. The molecule has 0 amide bonds. The molecule has 0 fully saturated rings. The first-order chi connectivity index (χ1) is 8.68. The Morgan fingerprint density at radius 3 is 2.00 bits per heavy atom. The first-order valence-electron chi connectivity index (χ1n) is 7.45. The SMILES string of the molecule is CC.CC.CC(C)C1Cc2ccccc2CN1C. The van der Waals surface area contributed by atoms with Crippen molar-refractivity contribution in [3.63, 3.8) is 0 Å². The zero-order chi connectivity index (χ0) is 14.1. The lowest BCUT2D eigenvalue weighted by atomic mass is 9.88. The number of hydrogen-bond acceptors (Lipinski definition) is 1. The molecule has 18 heavy (non-hydrogen) atoms. The summed E-state index contributed by atoms with van der Waals surface area (Å²) in [4.78, 5) is 2.48. The Hall–Kier alpha value is -0.820. The van der Waals surface area contributed by atoms with E-state index < -0.39 is 0 Å². The van der Waals surface area contributed by atoms with Crippen LogP contribution in [0.15, 0.2) is 24.3 Å². The van der Waals surface area contributed by atoms with Gasteiger partial charge < -0.3 is 0 Å². The van der Waals surface area contributed by atoms with Crippen molar-refractivity contribution in [1.82, 2.24) is 4.90 Å². The predicted molar refractivity (Wildman–Crippen MR) is 82.9 cm³/mol. The normalized spacial score (nSPS) is 18.1. The number of rotatable bonds is 1. The molecule has 0 aromatic heterocycles. The highest BCUT2D eigenvalue weighted by Gasteiger charge is 2.24. The molecule has 2 rings (SSSR count). The molecular weight excluding hydrogens is 218 g/mol. The largest absolute Gasteiger partial charge is 0.299 e. The Morgan fingerprint density at radius 2 is 1.50 bits per heavy atom. The van der Waals surface area contributed by atoms with Crippen LogP contribution < -0.4 is 0 Å². The van der Waals surface area contributed by atoms with E-state index in [1.54, 1.807) is 5.56 Å². The van der Waals surface area contributed by atoms with Crippen molar-refractivity contribution in [3.05, 3.63) is 35.4 Å². The molecule has 1 nitrogen and oxygen atoms in total. The summed E-state index contributed by atoms with van der Waals surface area (Å²) in [6.45, 7) is 13.7. The van der Waals surface area contributed by atoms with Gasteiger partial charge in [0.05, 0.1) is 0 Å². The highest BCUT2D eigenvalue weighted by Crippen LogP contribution is 2.25. The van der Waals surface area contributed by atoms with Gasteiger partial charge in [-0.15, -0.1) is 0 Å². The van der Waals surface area contributed by atoms with Crippen LogP contribution in [0, 0.1) is 5.92 Å². The summed E-state index contributed by atoms with van der Waals surface area (Å²) in [6, 6.07) is 9.54. The first-order valence-corrected chi connectivity index (χ1v) is 7.45. The van der Waals surface area contributed by atoms with Crippen LogP contribution in [0.5, 0.6) is 0 Å². The van der Waals surface area contributed by atoms with Gasteiger partial charge in [0, 0.05) is 12.6 Å². The van der Waals surface area contributed by atoms with E-state index in [0.29, 0.717) is 6.04 Å². The minimum absolute atomic E-state index is 0.713. The van der Waals surface area contributed by atoms with Crippen molar-refractivity contribution in [2.24, 2.45) is 5.92 Å². The molecule has 0 radical (unpaired) electrons. The fraction of sp³-hybridized carbons (Fsp3) is 0.647. The summed E-state index contributed by atoms with van der Waals surface area (Å²) < 4.78 is 0. The Morgan fingerprint density at radius 1 is 1.00 bits per heavy atom. The summed E-state index contributed by atoms with van der Waals surface area (Å²) >= 11 is 0. The van der Waals surface area contributed by atoms with Gasteiger partial charge in [0.25, 0.3) is 0 Å². The van der Waals surface area contributed by atoms with E-state index in [2.05, 4.69) is 50.1 Å². The molecule has 104 valence electrons. The number of hydrogen-bond donors (Lipinski definition) is 0. The Bertz CT molecular complexity index is 317. The Balaban J connectivity index is 0.000000659. The molecule has 1 atom stereocenters. The molecular formula is C17H31N. The molecule has 1 heteroatoms. The van der Waals surface area contributed by atoms with Crippen LogP contribution in [0.25, 0.3) is 0 Å². The predicted octanol–water partition coefficient (Wildman–Crippen LogP) is 4.75. The Kier molecular flexibility index (Phi) is 8.74. The molecule has 1 aliphatic rings. The molecule has 0 aliphatic carbocycles. The number of nitrogens with zero attached hydrogens (tertiary/aromatic N) is 1. The lowest BCUT2D eigenvalue weighted by Gasteiger charge is -2.36. The van der Waals surface area contributed by atoms with Crippen molar-refractivity contribution < 1.29 is 0 Å². The van der Waals surface area contributed by atoms with Crippen molar-refractivity contribution in [3.8, 4) is 0 Å². The van der Waals surface area contributed by atoms with Gasteiger partial charge in [-0.05, 0) is 30.5 Å². The maximum Gasteiger partial charge on any atom is 0.0236 e. The van der Waals surface area contributed by atoms with Crippen molar-refractivity contribution in [1.29, 1.82) is 0 Å². The topological polar surface area (TPSA) is 3.24 Å². The monoisotopic (exact) mass is 249 g/mol. The van der Waals surface area contributed by atoms with Crippen LogP contribution in [-0.2, 0) is 13.0 Å². The quantitative estimate of drug-likeness (QED) is 0.694. The van der Waals surface area contributed by atoms with Gasteiger partial charge in [-0.25, -0.2) is 0 Å². The minimum Gasteiger partial charge on any atom is -0.299 e. The van der Waals surface area contributed by atoms with E-state index in [-0.39, 0.29) is 0 Å². The molecule has 1 aromatic carbocycles. The molecule has 0 saturated carbocycles. The van der Waals surface area contributed by atoms with Gasteiger partial charge in [0.2, 0.25) is 0 Å². The van der Waals surface area contributed by atoms with Crippen LogP contribution in [0.3, 0.4) is 0 Å². The third-order valence-corrected chi connectivity index (χ3v) is 3.30. The molecule has 0 bridgehead atoms. The molecule has 1 unspecified atom stereocenters. The molecule has 0 N–H and O–H groups in total. The fourth-order valence-electron chi connectivity index (χ4n) is 2.42. The highest BCUT2D eigenvalue weighted by molar-refractivity contribution is 5.30. The van der Waals surface area contributed by atoms with Crippen LogP contribution in [0.4, 0.5) is 0 Å². The van der Waals surface area contributed by atoms with E-state index in [4.69, 9.17) is 0 Å². The van der Waals surface area contributed by atoms with Gasteiger partial charge >= 0.3 is 0 Å². The molecule has 1 heterocycles. The zero-order valence-corrected chi connectivity index (χ0v) is 13.3. The van der Waals surface area contributed by atoms with E-state index in [9.17, 15) is 0 Å². The Labute approximate surface area is 114 Å². The second kappa shape index (κ2) is 9.16. The molecule has 1 aromatic rings. The second-order valence-corrected chi connectivity index (χ2v) is 4.70. The van der Waals surface area contributed by atoms with Gasteiger partial charge in [0.15, 0.2) is 0 Å². The van der Waals surface area contributed by atoms with Crippen molar-refractivity contribution in [2.75, 3.05) is 7.05 Å². The molecule has 0 saturated heterocycles. The highest BCUT2D eigenvalue weighted by atomic mass is 15.1. The third-order valence-electron chi connectivity index (χ3n) is 3.30. The van der Waals surface area contributed by atoms with Gasteiger partial charge in [-0.1, -0.05) is 65.8 Å². The lowest BCUT2D eigenvalue weighted by molar-refractivity contribution is 0.169.